The first kappa shape index (κ1) is 19.5. The number of hydrogen-bond donors (Lipinski definition) is 0. The maximum atomic E-state index is 12.4. The van der Waals surface area contributed by atoms with E-state index >= 15 is 0 Å². The van der Waals surface area contributed by atoms with Crippen molar-refractivity contribution in [3.63, 3.8) is 0 Å². The fourth-order valence-electron chi connectivity index (χ4n) is 3.20. The van der Waals surface area contributed by atoms with Crippen LogP contribution in [0.1, 0.15) is 23.1 Å². The highest BCUT2D eigenvalue weighted by molar-refractivity contribution is 5.82. The van der Waals surface area contributed by atoms with E-state index < -0.39 is 11.6 Å². The van der Waals surface area contributed by atoms with Crippen molar-refractivity contribution >= 4 is 27.8 Å². The Kier molecular flexibility index (Phi) is 5.14. The Bertz CT molecular complexity index is 1390. The van der Waals surface area contributed by atoms with Crippen molar-refractivity contribution < 1.29 is 13.9 Å². The van der Waals surface area contributed by atoms with Gasteiger partial charge in [0.2, 0.25) is 0 Å². The number of carbonyl (C=O) groups excluding carboxylic acids is 1. The summed E-state index contributed by atoms with van der Waals surface area (Å²) < 4.78 is 11.7. The van der Waals surface area contributed by atoms with Crippen LogP contribution in [0.15, 0.2) is 56.5 Å². The van der Waals surface area contributed by atoms with Crippen LogP contribution in [0.3, 0.4) is 0 Å². The second kappa shape index (κ2) is 7.90. The van der Waals surface area contributed by atoms with Crippen molar-refractivity contribution in [2.75, 3.05) is 0 Å². The van der Waals surface area contributed by atoms with E-state index in [0.29, 0.717) is 22.0 Å². The molecule has 0 unspecified atom stereocenters. The van der Waals surface area contributed by atoms with Gasteiger partial charge in [-0.1, -0.05) is 17.3 Å². The van der Waals surface area contributed by atoms with Gasteiger partial charge in [-0.25, -0.2) is 9.48 Å². The molecule has 0 atom stereocenters. The Morgan fingerprint density at radius 3 is 2.67 bits per heavy atom. The minimum Gasteiger partial charge on any atom is -0.461 e. The lowest BCUT2D eigenvalue weighted by molar-refractivity contribution is -0.145. The molecular formula is C22H19N3O5. The SMILES string of the molecule is Cc1cc2oc(=O)cc(COC(=O)CCn3nnc4ccccc4c3=O)c2cc1C. The maximum absolute atomic E-state index is 12.4. The van der Waals surface area contributed by atoms with Crippen molar-refractivity contribution in [2.24, 2.45) is 0 Å². The summed E-state index contributed by atoms with van der Waals surface area (Å²) in [6.45, 7) is 3.87. The number of benzene rings is 2. The van der Waals surface area contributed by atoms with Crippen LogP contribution in [0.25, 0.3) is 21.9 Å². The summed E-state index contributed by atoms with van der Waals surface area (Å²) >= 11 is 0. The molecular weight excluding hydrogens is 386 g/mol. The molecule has 8 nitrogen and oxygen atoms in total. The number of ether oxygens (including phenoxy) is 1. The normalized spacial score (nSPS) is 11.1. The van der Waals surface area contributed by atoms with Gasteiger partial charge in [0.25, 0.3) is 5.56 Å². The number of nitrogens with zero attached hydrogens (tertiary/aromatic N) is 3. The van der Waals surface area contributed by atoms with E-state index in [0.717, 1.165) is 21.2 Å². The summed E-state index contributed by atoms with van der Waals surface area (Å²) in [6, 6.07) is 11.9. The van der Waals surface area contributed by atoms with Gasteiger partial charge < -0.3 is 9.15 Å². The molecule has 0 aliphatic carbocycles. The van der Waals surface area contributed by atoms with E-state index in [1.807, 2.05) is 19.9 Å². The van der Waals surface area contributed by atoms with E-state index in [4.69, 9.17) is 9.15 Å². The Labute approximate surface area is 170 Å². The predicted octanol–water partition coefficient (Wildman–Crippen LogP) is 2.65. The minimum atomic E-state index is -0.512. The van der Waals surface area contributed by atoms with Gasteiger partial charge in [0.1, 0.15) is 17.7 Å². The zero-order chi connectivity index (χ0) is 21.3. The number of rotatable bonds is 5. The lowest BCUT2D eigenvalue weighted by Crippen LogP contribution is -2.25. The van der Waals surface area contributed by atoms with E-state index in [2.05, 4.69) is 10.3 Å². The van der Waals surface area contributed by atoms with Gasteiger partial charge in [0.15, 0.2) is 0 Å². The molecule has 0 aliphatic rings. The van der Waals surface area contributed by atoms with E-state index in [1.54, 1.807) is 30.3 Å². The van der Waals surface area contributed by atoms with E-state index in [-0.39, 0.29) is 25.1 Å². The first-order chi connectivity index (χ1) is 14.4. The quantitative estimate of drug-likeness (QED) is 0.371. The molecule has 30 heavy (non-hydrogen) atoms. The molecule has 0 aliphatic heterocycles. The Hall–Kier alpha value is -3.81. The molecule has 4 aromatic rings. The average Bonchev–Trinajstić information content (AvgIpc) is 2.73. The first-order valence-corrected chi connectivity index (χ1v) is 9.44. The van der Waals surface area contributed by atoms with Crippen LogP contribution in [0.5, 0.6) is 0 Å². The van der Waals surface area contributed by atoms with E-state index in [9.17, 15) is 14.4 Å². The van der Waals surface area contributed by atoms with Crippen LogP contribution in [0.2, 0.25) is 0 Å². The monoisotopic (exact) mass is 405 g/mol. The zero-order valence-corrected chi connectivity index (χ0v) is 16.5. The topological polar surface area (TPSA) is 104 Å². The van der Waals surface area contributed by atoms with Crippen molar-refractivity contribution in [2.45, 2.75) is 33.4 Å². The number of hydrogen-bond acceptors (Lipinski definition) is 7. The van der Waals surface area contributed by atoms with Gasteiger partial charge in [-0.2, -0.15) is 0 Å². The highest BCUT2D eigenvalue weighted by atomic mass is 16.5. The van der Waals surface area contributed by atoms with Gasteiger partial charge in [-0.05, 0) is 49.2 Å². The van der Waals surface area contributed by atoms with Gasteiger partial charge in [0, 0.05) is 17.0 Å². The van der Waals surface area contributed by atoms with Crippen LogP contribution in [-0.2, 0) is 22.7 Å². The van der Waals surface area contributed by atoms with Crippen molar-refractivity contribution in [3.8, 4) is 0 Å². The first-order valence-electron chi connectivity index (χ1n) is 9.44. The summed E-state index contributed by atoms with van der Waals surface area (Å²) in [5, 5.41) is 9.01. The molecule has 0 saturated heterocycles. The molecule has 152 valence electrons. The van der Waals surface area contributed by atoms with Crippen molar-refractivity contribution in [3.05, 3.63) is 79.9 Å². The molecule has 2 aromatic carbocycles. The lowest BCUT2D eigenvalue weighted by atomic mass is 10.0. The molecule has 0 fully saturated rings. The van der Waals surface area contributed by atoms with Gasteiger partial charge in [-0.3, -0.25) is 9.59 Å². The van der Waals surface area contributed by atoms with Crippen molar-refractivity contribution in [1.82, 2.24) is 15.0 Å². The molecule has 4 rings (SSSR count). The number of carbonyl (C=O) groups is 1. The molecule has 0 radical (unpaired) electrons. The molecule has 0 amide bonds. The van der Waals surface area contributed by atoms with Crippen LogP contribution in [0.4, 0.5) is 0 Å². The van der Waals surface area contributed by atoms with Crippen LogP contribution in [-0.4, -0.2) is 21.0 Å². The summed E-state index contributed by atoms with van der Waals surface area (Å²) in [6.07, 6.45) is -0.0512. The molecule has 0 saturated carbocycles. The summed E-state index contributed by atoms with van der Waals surface area (Å²) in [5.74, 6) is -0.512. The predicted molar refractivity (Wildman–Crippen MR) is 110 cm³/mol. The van der Waals surface area contributed by atoms with Crippen LogP contribution >= 0.6 is 0 Å². The molecule has 2 aromatic heterocycles. The Balaban J connectivity index is 1.47. The molecule has 8 heteroatoms. The second-order valence-corrected chi connectivity index (χ2v) is 7.07. The number of fused-ring (bicyclic) bond motifs is 2. The Morgan fingerprint density at radius 2 is 1.83 bits per heavy atom. The zero-order valence-electron chi connectivity index (χ0n) is 16.5. The number of esters is 1. The third-order valence-electron chi connectivity index (χ3n) is 4.99. The highest BCUT2D eigenvalue weighted by Crippen LogP contribution is 2.22. The molecule has 0 N–H and O–H groups in total. The summed E-state index contributed by atoms with van der Waals surface area (Å²) in [5.41, 5.74) is 2.75. The van der Waals surface area contributed by atoms with Crippen LogP contribution < -0.4 is 11.2 Å². The van der Waals surface area contributed by atoms with Crippen LogP contribution in [0, 0.1) is 13.8 Å². The molecule has 0 bridgehead atoms. The third-order valence-corrected chi connectivity index (χ3v) is 4.99. The fraction of sp³-hybridized carbons (Fsp3) is 0.227. The summed E-state index contributed by atoms with van der Waals surface area (Å²) in [4.78, 5) is 36.5. The second-order valence-electron chi connectivity index (χ2n) is 7.07. The standard InChI is InChI=1S/C22H19N3O5/c1-13-9-17-15(11-21(27)30-19(17)10-14(13)2)12-29-20(26)7-8-25-22(28)16-5-3-4-6-18(16)23-24-25/h3-6,9-11H,7-8,12H2,1-2H3. The lowest BCUT2D eigenvalue weighted by Gasteiger charge is -2.09. The van der Waals surface area contributed by atoms with Gasteiger partial charge >= 0.3 is 11.6 Å². The molecule has 2 heterocycles. The maximum Gasteiger partial charge on any atom is 0.336 e. The van der Waals surface area contributed by atoms with E-state index in [1.165, 1.54) is 6.07 Å². The summed E-state index contributed by atoms with van der Waals surface area (Å²) in [7, 11) is 0. The average molecular weight is 405 g/mol. The molecule has 0 spiro atoms. The number of aromatic nitrogens is 3. The smallest absolute Gasteiger partial charge is 0.336 e. The minimum absolute atomic E-state index is 0.0471. The Morgan fingerprint density at radius 1 is 1.07 bits per heavy atom. The van der Waals surface area contributed by atoms with Crippen molar-refractivity contribution in [1.29, 1.82) is 0 Å². The fourth-order valence-corrected chi connectivity index (χ4v) is 3.20. The largest absolute Gasteiger partial charge is 0.461 e. The van der Waals surface area contributed by atoms with Gasteiger partial charge in [0.05, 0.1) is 18.4 Å². The third kappa shape index (κ3) is 3.84. The number of aryl methyl sites for hydroxylation is 3. The van der Waals surface area contributed by atoms with Gasteiger partial charge in [-0.15, -0.1) is 5.10 Å². The highest BCUT2D eigenvalue weighted by Gasteiger charge is 2.12.